The van der Waals surface area contributed by atoms with E-state index in [0.717, 1.165) is 18.9 Å². The molecule has 0 aromatic carbocycles. The predicted molar refractivity (Wildman–Crippen MR) is 58.7 cm³/mol. The van der Waals surface area contributed by atoms with Gasteiger partial charge < -0.3 is 9.84 Å². The largest absolute Gasteiger partial charge is 0.478 e. The SMILES string of the molecule is CC(C)=CCCC1(C)OC1C=CC(=O)O. The van der Waals surface area contributed by atoms with Crippen molar-refractivity contribution in [2.24, 2.45) is 0 Å². The van der Waals surface area contributed by atoms with Gasteiger partial charge in [-0.15, -0.1) is 0 Å². The Kier molecular flexibility index (Phi) is 3.69. The van der Waals surface area contributed by atoms with Gasteiger partial charge in [-0.05, 0) is 39.7 Å². The molecule has 1 aliphatic rings. The van der Waals surface area contributed by atoms with Crippen LogP contribution < -0.4 is 0 Å². The van der Waals surface area contributed by atoms with Crippen LogP contribution >= 0.6 is 0 Å². The van der Waals surface area contributed by atoms with Crippen molar-refractivity contribution in [3.63, 3.8) is 0 Å². The maximum atomic E-state index is 10.3. The molecule has 0 aromatic heterocycles. The van der Waals surface area contributed by atoms with Crippen LogP contribution in [0.4, 0.5) is 0 Å². The minimum Gasteiger partial charge on any atom is -0.478 e. The molecule has 0 aliphatic carbocycles. The van der Waals surface area contributed by atoms with Crippen LogP contribution in [0.5, 0.6) is 0 Å². The molecule has 1 fully saturated rings. The second-order valence-corrected chi connectivity index (χ2v) is 4.37. The van der Waals surface area contributed by atoms with Gasteiger partial charge >= 0.3 is 5.97 Å². The molecule has 1 N–H and O–H groups in total. The van der Waals surface area contributed by atoms with Crippen LogP contribution in [-0.4, -0.2) is 22.8 Å². The average Bonchev–Trinajstić information content (AvgIpc) is 2.73. The maximum Gasteiger partial charge on any atom is 0.328 e. The van der Waals surface area contributed by atoms with E-state index >= 15 is 0 Å². The molecule has 1 rings (SSSR count). The molecule has 3 heteroatoms. The van der Waals surface area contributed by atoms with Crippen LogP contribution in [0.3, 0.4) is 0 Å². The molecule has 0 saturated carbocycles. The van der Waals surface area contributed by atoms with Crippen molar-refractivity contribution in [3.05, 3.63) is 23.8 Å². The van der Waals surface area contributed by atoms with Crippen molar-refractivity contribution >= 4 is 5.97 Å². The van der Waals surface area contributed by atoms with Crippen LogP contribution in [0.25, 0.3) is 0 Å². The van der Waals surface area contributed by atoms with E-state index in [9.17, 15) is 4.79 Å². The predicted octanol–water partition coefficient (Wildman–Crippen LogP) is 2.53. The summed E-state index contributed by atoms with van der Waals surface area (Å²) in [5.74, 6) is -0.919. The highest BCUT2D eigenvalue weighted by molar-refractivity contribution is 5.79. The number of ether oxygens (including phenoxy) is 1. The fourth-order valence-corrected chi connectivity index (χ4v) is 1.52. The molecule has 15 heavy (non-hydrogen) atoms. The molecule has 0 amide bonds. The average molecular weight is 210 g/mol. The molecule has 0 spiro atoms. The second-order valence-electron chi connectivity index (χ2n) is 4.37. The number of carboxylic acids is 1. The Morgan fingerprint density at radius 1 is 1.53 bits per heavy atom. The van der Waals surface area contributed by atoms with Gasteiger partial charge in [0.15, 0.2) is 0 Å². The highest BCUT2D eigenvalue weighted by Crippen LogP contribution is 2.41. The van der Waals surface area contributed by atoms with E-state index in [1.54, 1.807) is 6.08 Å². The summed E-state index contributed by atoms with van der Waals surface area (Å²) in [6.45, 7) is 6.15. The molecule has 0 aromatic rings. The summed E-state index contributed by atoms with van der Waals surface area (Å²) in [6.07, 6.45) is 6.83. The first kappa shape index (κ1) is 12.0. The fraction of sp³-hybridized carbons (Fsp3) is 0.583. The number of allylic oxidation sites excluding steroid dienone is 2. The van der Waals surface area contributed by atoms with Crippen molar-refractivity contribution in [2.45, 2.75) is 45.3 Å². The normalized spacial score (nSPS) is 29.1. The lowest BCUT2D eigenvalue weighted by atomic mass is 10.0. The van der Waals surface area contributed by atoms with Gasteiger partial charge in [-0.3, -0.25) is 0 Å². The number of epoxide rings is 1. The number of rotatable bonds is 5. The van der Waals surface area contributed by atoms with Crippen molar-refractivity contribution < 1.29 is 14.6 Å². The third kappa shape index (κ3) is 3.88. The van der Waals surface area contributed by atoms with Gasteiger partial charge in [0, 0.05) is 6.08 Å². The summed E-state index contributed by atoms with van der Waals surface area (Å²) in [7, 11) is 0. The van der Waals surface area contributed by atoms with Crippen molar-refractivity contribution in [1.82, 2.24) is 0 Å². The Morgan fingerprint density at radius 3 is 2.73 bits per heavy atom. The molecule has 0 bridgehead atoms. The van der Waals surface area contributed by atoms with Crippen LogP contribution in [-0.2, 0) is 9.53 Å². The van der Waals surface area contributed by atoms with E-state index < -0.39 is 5.97 Å². The van der Waals surface area contributed by atoms with E-state index in [0.29, 0.717) is 0 Å². The van der Waals surface area contributed by atoms with E-state index in [-0.39, 0.29) is 11.7 Å². The smallest absolute Gasteiger partial charge is 0.328 e. The Morgan fingerprint density at radius 2 is 2.20 bits per heavy atom. The first-order chi connectivity index (χ1) is 6.94. The topological polar surface area (TPSA) is 49.8 Å². The number of carbonyl (C=O) groups is 1. The monoisotopic (exact) mass is 210 g/mol. The zero-order valence-corrected chi connectivity index (χ0v) is 9.49. The van der Waals surface area contributed by atoms with Crippen molar-refractivity contribution in [3.8, 4) is 0 Å². The summed E-state index contributed by atoms with van der Waals surface area (Å²) in [5, 5.41) is 8.46. The Labute approximate surface area is 90.4 Å². The Hall–Kier alpha value is -1.09. The quantitative estimate of drug-likeness (QED) is 0.431. The van der Waals surface area contributed by atoms with Gasteiger partial charge in [0.05, 0.1) is 5.60 Å². The van der Waals surface area contributed by atoms with Crippen molar-refractivity contribution in [2.75, 3.05) is 0 Å². The zero-order chi connectivity index (χ0) is 11.5. The molecule has 2 unspecified atom stereocenters. The highest BCUT2D eigenvalue weighted by Gasteiger charge is 2.49. The van der Waals surface area contributed by atoms with E-state index in [1.165, 1.54) is 5.57 Å². The summed E-state index contributed by atoms with van der Waals surface area (Å²) >= 11 is 0. The Bertz CT molecular complexity index is 300. The molecule has 84 valence electrons. The highest BCUT2D eigenvalue weighted by atomic mass is 16.6. The lowest BCUT2D eigenvalue weighted by molar-refractivity contribution is -0.131. The standard InChI is InChI=1S/C12H18O3/c1-9(2)5-4-8-12(3)10(15-12)6-7-11(13)14/h5-7,10H,4,8H2,1-3H3,(H,13,14). The summed E-state index contributed by atoms with van der Waals surface area (Å²) in [4.78, 5) is 10.3. The van der Waals surface area contributed by atoms with Gasteiger partial charge in [0.25, 0.3) is 0 Å². The van der Waals surface area contributed by atoms with Gasteiger partial charge in [-0.1, -0.05) is 11.6 Å². The second kappa shape index (κ2) is 4.62. The van der Waals surface area contributed by atoms with E-state index in [2.05, 4.69) is 19.9 Å². The molecule has 3 nitrogen and oxygen atoms in total. The third-order valence-corrected chi connectivity index (χ3v) is 2.55. The summed E-state index contributed by atoms with van der Waals surface area (Å²) in [6, 6.07) is 0. The molecule has 1 saturated heterocycles. The van der Waals surface area contributed by atoms with E-state index in [4.69, 9.17) is 9.84 Å². The number of hydrogen-bond acceptors (Lipinski definition) is 2. The van der Waals surface area contributed by atoms with Crippen LogP contribution in [0.2, 0.25) is 0 Å². The fourth-order valence-electron chi connectivity index (χ4n) is 1.52. The van der Waals surface area contributed by atoms with Gasteiger partial charge in [-0.2, -0.15) is 0 Å². The molecular formula is C12H18O3. The molecular weight excluding hydrogens is 192 g/mol. The van der Waals surface area contributed by atoms with E-state index in [1.807, 2.05) is 6.92 Å². The molecule has 1 aliphatic heterocycles. The van der Waals surface area contributed by atoms with Gasteiger partial charge in [-0.25, -0.2) is 4.79 Å². The molecule has 1 heterocycles. The molecule has 0 radical (unpaired) electrons. The zero-order valence-electron chi connectivity index (χ0n) is 9.49. The first-order valence-corrected chi connectivity index (χ1v) is 5.16. The van der Waals surface area contributed by atoms with Crippen molar-refractivity contribution in [1.29, 1.82) is 0 Å². The number of aliphatic carboxylic acids is 1. The maximum absolute atomic E-state index is 10.3. The summed E-state index contributed by atoms with van der Waals surface area (Å²) in [5.41, 5.74) is 1.15. The lowest BCUT2D eigenvalue weighted by Crippen LogP contribution is -2.07. The number of carboxylic acid groups (broad SMARTS) is 1. The first-order valence-electron chi connectivity index (χ1n) is 5.16. The third-order valence-electron chi connectivity index (χ3n) is 2.55. The molecule has 2 atom stereocenters. The lowest BCUT2D eigenvalue weighted by Gasteiger charge is -2.02. The minimum absolute atomic E-state index is 0.0286. The van der Waals surface area contributed by atoms with Gasteiger partial charge in [0.2, 0.25) is 0 Å². The van der Waals surface area contributed by atoms with Crippen LogP contribution in [0.1, 0.15) is 33.6 Å². The minimum atomic E-state index is -0.919. The van der Waals surface area contributed by atoms with Crippen LogP contribution in [0, 0.1) is 0 Å². The van der Waals surface area contributed by atoms with Gasteiger partial charge in [0.1, 0.15) is 6.10 Å². The summed E-state index contributed by atoms with van der Waals surface area (Å²) < 4.78 is 5.46. The number of hydrogen-bond donors (Lipinski definition) is 1. The Balaban J connectivity index is 2.33. The van der Waals surface area contributed by atoms with Crippen LogP contribution in [0.15, 0.2) is 23.8 Å².